The summed E-state index contributed by atoms with van der Waals surface area (Å²) in [5.41, 5.74) is 1.03. The van der Waals surface area contributed by atoms with E-state index in [0.29, 0.717) is 24.3 Å². The van der Waals surface area contributed by atoms with Crippen LogP contribution in [0.25, 0.3) is 0 Å². The average molecular weight is 465 g/mol. The number of halogens is 1. The van der Waals surface area contributed by atoms with Gasteiger partial charge in [-0.3, -0.25) is 14.9 Å². The first kappa shape index (κ1) is 24.5. The molecule has 7 nitrogen and oxygen atoms in total. The number of amides is 1. The van der Waals surface area contributed by atoms with Gasteiger partial charge in [0.2, 0.25) is 5.91 Å². The molecule has 1 aliphatic carbocycles. The molecule has 176 valence electrons. The van der Waals surface area contributed by atoms with Gasteiger partial charge in [-0.2, -0.15) is 0 Å². The van der Waals surface area contributed by atoms with Crippen LogP contribution in [0.5, 0.6) is 0 Å². The molecular weight excluding hydrogens is 432 g/mol. The van der Waals surface area contributed by atoms with Crippen molar-refractivity contribution in [3.63, 3.8) is 0 Å². The Hall–Kier alpha value is -2.12. The summed E-state index contributed by atoms with van der Waals surface area (Å²) in [5.74, 6) is -1.38. The number of likely N-dealkylation sites (tertiary alicyclic amines) is 1. The molecule has 5 atom stereocenters. The third-order valence-corrected chi connectivity index (χ3v) is 6.91. The number of benzene rings is 1. The van der Waals surface area contributed by atoms with Gasteiger partial charge in [0.1, 0.15) is 12.1 Å². The number of fused-ring (bicyclic) bond motifs is 1. The Morgan fingerprint density at radius 2 is 1.91 bits per heavy atom. The average Bonchev–Trinajstić information content (AvgIpc) is 3.17. The normalized spacial score (nSPS) is 24.5. The topological polar surface area (TPSA) is 95.9 Å². The van der Waals surface area contributed by atoms with Crippen molar-refractivity contribution in [3.05, 3.63) is 34.9 Å². The molecule has 3 unspecified atom stereocenters. The van der Waals surface area contributed by atoms with Crippen molar-refractivity contribution < 1.29 is 24.2 Å². The molecule has 8 heteroatoms. The fraction of sp³-hybridized carbons (Fsp3) is 0.625. The van der Waals surface area contributed by atoms with Gasteiger partial charge < -0.3 is 14.7 Å². The number of rotatable bonds is 9. The quantitative estimate of drug-likeness (QED) is 0.543. The second kappa shape index (κ2) is 11.1. The van der Waals surface area contributed by atoms with Crippen LogP contribution in [0.15, 0.2) is 24.3 Å². The van der Waals surface area contributed by atoms with Crippen LogP contribution in [0.1, 0.15) is 57.9 Å². The summed E-state index contributed by atoms with van der Waals surface area (Å²) in [5, 5.41) is 13.5. The lowest BCUT2D eigenvalue weighted by atomic mass is 9.84. The lowest BCUT2D eigenvalue weighted by Crippen LogP contribution is -2.55. The van der Waals surface area contributed by atoms with E-state index in [4.69, 9.17) is 16.3 Å². The largest absolute Gasteiger partial charge is 0.480 e. The summed E-state index contributed by atoms with van der Waals surface area (Å²) in [6, 6.07) is 5.22. The van der Waals surface area contributed by atoms with Crippen molar-refractivity contribution in [1.29, 1.82) is 0 Å². The summed E-state index contributed by atoms with van der Waals surface area (Å²) in [4.78, 5) is 39.4. The fourth-order valence-corrected chi connectivity index (χ4v) is 5.19. The summed E-state index contributed by atoms with van der Waals surface area (Å²) in [7, 11) is 0. The van der Waals surface area contributed by atoms with Gasteiger partial charge in [0.15, 0.2) is 0 Å². The highest BCUT2D eigenvalue weighted by Crippen LogP contribution is 2.40. The molecule has 2 fully saturated rings. The van der Waals surface area contributed by atoms with Crippen LogP contribution in [-0.4, -0.2) is 58.6 Å². The van der Waals surface area contributed by atoms with Gasteiger partial charge in [0.25, 0.3) is 0 Å². The molecule has 1 heterocycles. The molecule has 1 saturated carbocycles. The van der Waals surface area contributed by atoms with E-state index < -0.39 is 30.1 Å². The van der Waals surface area contributed by atoms with Crippen LogP contribution in [0.3, 0.4) is 0 Å². The fourth-order valence-electron chi connectivity index (χ4n) is 5.07. The maximum atomic E-state index is 13.4. The van der Waals surface area contributed by atoms with E-state index in [0.717, 1.165) is 31.2 Å². The Morgan fingerprint density at radius 3 is 2.56 bits per heavy atom. The van der Waals surface area contributed by atoms with Crippen molar-refractivity contribution in [2.75, 3.05) is 6.61 Å². The molecule has 0 aromatic heterocycles. The zero-order chi connectivity index (χ0) is 23.3. The number of carboxylic acids is 1. The molecule has 0 radical (unpaired) electrons. The molecule has 1 aromatic rings. The van der Waals surface area contributed by atoms with E-state index in [2.05, 4.69) is 5.32 Å². The number of carboxylic acid groups (broad SMARTS) is 1. The summed E-state index contributed by atoms with van der Waals surface area (Å²) in [6.07, 6.45) is 5.46. The highest BCUT2D eigenvalue weighted by atomic mass is 35.5. The summed E-state index contributed by atoms with van der Waals surface area (Å²) in [6.45, 7) is 3.69. The van der Waals surface area contributed by atoms with Crippen molar-refractivity contribution in [2.24, 2.45) is 5.92 Å². The monoisotopic (exact) mass is 464 g/mol. The summed E-state index contributed by atoms with van der Waals surface area (Å²) >= 11 is 5.94. The van der Waals surface area contributed by atoms with E-state index in [9.17, 15) is 19.5 Å². The molecule has 1 aromatic carbocycles. The van der Waals surface area contributed by atoms with Gasteiger partial charge in [-0.25, -0.2) is 4.79 Å². The van der Waals surface area contributed by atoms with Crippen LogP contribution in [0.4, 0.5) is 0 Å². The molecule has 0 bridgehead atoms. The Labute approximate surface area is 194 Å². The maximum Gasteiger partial charge on any atom is 0.326 e. The molecule has 1 amide bonds. The number of nitrogens with one attached hydrogen (secondary N) is 1. The molecular formula is C24H33ClN2O5. The Balaban J connectivity index is 1.69. The first-order valence-corrected chi connectivity index (χ1v) is 11.9. The van der Waals surface area contributed by atoms with E-state index >= 15 is 0 Å². The number of aryl methyl sites for hydroxylation is 1. The second-order valence-electron chi connectivity index (χ2n) is 8.81. The number of carbonyl (C=O) groups is 3. The zero-order valence-corrected chi connectivity index (χ0v) is 19.5. The molecule has 1 aliphatic heterocycles. The minimum Gasteiger partial charge on any atom is -0.480 e. The molecule has 3 rings (SSSR count). The number of aliphatic carboxylic acids is 1. The van der Waals surface area contributed by atoms with Crippen molar-refractivity contribution in [2.45, 2.75) is 83.0 Å². The number of esters is 1. The molecule has 2 N–H and O–H groups in total. The summed E-state index contributed by atoms with van der Waals surface area (Å²) < 4.78 is 5.22. The van der Waals surface area contributed by atoms with Crippen LogP contribution in [0, 0.1) is 5.92 Å². The SMILES string of the molecule is CCOC(=O)[C@H](CCc1ccc(Cl)cc1)NC(C)C(=O)N1C2CCCCC2C[C@H]1C(=O)O. The number of nitrogens with zero attached hydrogens (tertiary/aromatic N) is 1. The van der Waals surface area contributed by atoms with Crippen molar-refractivity contribution >= 4 is 29.4 Å². The standard InChI is InChI=1S/C24H33ClN2O5/c1-3-32-24(31)19(13-10-16-8-11-18(25)12-9-16)26-15(2)22(28)27-20-7-5-4-6-17(20)14-21(27)23(29)30/h8-9,11-12,15,17,19-21,26H,3-7,10,13-14H2,1-2H3,(H,29,30)/t15?,17?,19-,20?,21-/m0/s1. The minimum atomic E-state index is -0.954. The number of hydrogen-bond acceptors (Lipinski definition) is 5. The van der Waals surface area contributed by atoms with Crippen LogP contribution >= 0.6 is 11.6 Å². The van der Waals surface area contributed by atoms with Gasteiger partial charge >= 0.3 is 11.9 Å². The highest BCUT2D eigenvalue weighted by molar-refractivity contribution is 6.30. The van der Waals surface area contributed by atoms with Gasteiger partial charge in [-0.1, -0.05) is 36.6 Å². The smallest absolute Gasteiger partial charge is 0.326 e. The third-order valence-electron chi connectivity index (χ3n) is 6.66. The second-order valence-corrected chi connectivity index (χ2v) is 9.24. The Kier molecular flexibility index (Phi) is 8.54. The lowest BCUT2D eigenvalue weighted by molar-refractivity contribution is -0.152. The minimum absolute atomic E-state index is 0.0308. The van der Waals surface area contributed by atoms with Gasteiger partial charge in [0.05, 0.1) is 12.6 Å². The van der Waals surface area contributed by atoms with Gasteiger partial charge in [0, 0.05) is 11.1 Å². The molecule has 32 heavy (non-hydrogen) atoms. The maximum absolute atomic E-state index is 13.4. The highest BCUT2D eigenvalue weighted by Gasteiger charge is 2.48. The van der Waals surface area contributed by atoms with Crippen LogP contribution in [-0.2, 0) is 25.5 Å². The van der Waals surface area contributed by atoms with Gasteiger partial charge in [-0.05, 0) is 69.6 Å². The first-order chi connectivity index (χ1) is 15.3. The molecule has 0 spiro atoms. The van der Waals surface area contributed by atoms with Crippen LogP contribution < -0.4 is 5.32 Å². The van der Waals surface area contributed by atoms with E-state index in [-0.39, 0.29) is 24.5 Å². The predicted molar refractivity (Wildman–Crippen MR) is 121 cm³/mol. The van der Waals surface area contributed by atoms with Crippen molar-refractivity contribution in [1.82, 2.24) is 10.2 Å². The van der Waals surface area contributed by atoms with Gasteiger partial charge in [-0.15, -0.1) is 0 Å². The Bertz CT molecular complexity index is 815. The van der Waals surface area contributed by atoms with E-state index in [1.54, 1.807) is 30.9 Å². The predicted octanol–water partition coefficient (Wildman–Crippen LogP) is 3.43. The van der Waals surface area contributed by atoms with E-state index in [1.807, 2.05) is 12.1 Å². The van der Waals surface area contributed by atoms with Crippen molar-refractivity contribution in [3.8, 4) is 0 Å². The zero-order valence-electron chi connectivity index (χ0n) is 18.8. The number of ether oxygens (including phenoxy) is 1. The third kappa shape index (κ3) is 5.81. The molecule has 1 saturated heterocycles. The number of carbonyl (C=O) groups excluding carboxylic acids is 2. The number of hydrogen-bond donors (Lipinski definition) is 2. The Morgan fingerprint density at radius 1 is 1.22 bits per heavy atom. The lowest BCUT2D eigenvalue weighted by Gasteiger charge is -2.35. The van der Waals surface area contributed by atoms with Crippen LogP contribution in [0.2, 0.25) is 5.02 Å². The molecule has 2 aliphatic rings. The first-order valence-electron chi connectivity index (χ1n) is 11.5. The van der Waals surface area contributed by atoms with E-state index in [1.165, 1.54) is 0 Å².